The maximum Gasteiger partial charge on any atom is 0.260 e. The van der Waals surface area contributed by atoms with Crippen LogP contribution in [-0.2, 0) is 11.3 Å². The van der Waals surface area contributed by atoms with Crippen LogP contribution >= 0.6 is 0 Å². The molecule has 0 spiro atoms. The van der Waals surface area contributed by atoms with E-state index < -0.39 is 0 Å². The number of morpholine rings is 1. The fourth-order valence-electron chi connectivity index (χ4n) is 2.79. The van der Waals surface area contributed by atoms with Crippen LogP contribution < -0.4 is 10.9 Å². The van der Waals surface area contributed by atoms with E-state index in [1.807, 2.05) is 18.2 Å². The molecule has 0 saturated carbocycles. The number of carbonyl (C=O) groups excluding carboxylic acids is 1. The lowest BCUT2D eigenvalue weighted by molar-refractivity contribution is -0.0292. The first-order valence-electron chi connectivity index (χ1n) is 8.06. The molecule has 0 radical (unpaired) electrons. The standard InChI is InChI=1S/C18H21N3O3/c22-17-16(7-4-8-19-17)18(23)20-11-15-13-21(9-10-24-15)12-14-5-2-1-3-6-14/h1-8,15H,9-13H2,(H,19,22)(H,20,23). The summed E-state index contributed by atoms with van der Waals surface area (Å²) >= 11 is 0. The Kier molecular flexibility index (Phi) is 5.40. The van der Waals surface area contributed by atoms with E-state index in [-0.39, 0.29) is 23.1 Å². The second kappa shape index (κ2) is 7.90. The highest BCUT2D eigenvalue weighted by molar-refractivity contribution is 5.93. The number of hydrogen-bond donors (Lipinski definition) is 2. The van der Waals surface area contributed by atoms with Gasteiger partial charge in [-0.1, -0.05) is 30.3 Å². The molecule has 1 saturated heterocycles. The van der Waals surface area contributed by atoms with Crippen molar-refractivity contribution in [2.75, 3.05) is 26.2 Å². The molecule has 24 heavy (non-hydrogen) atoms. The van der Waals surface area contributed by atoms with Crippen LogP contribution in [0.5, 0.6) is 0 Å². The summed E-state index contributed by atoms with van der Waals surface area (Å²) in [6, 6.07) is 13.4. The number of H-pyrrole nitrogens is 1. The minimum Gasteiger partial charge on any atom is -0.374 e. The first-order valence-corrected chi connectivity index (χ1v) is 8.06. The Morgan fingerprint density at radius 3 is 2.88 bits per heavy atom. The van der Waals surface area contributed by atoms with E-state index in [9.17, 15) is 9.59 Å². The molecule has 1 aliphatic heterocycles. The molecule has 3 rings (SSSR count). The lowest BCUT2D eigenvalue weighted by atomic mass is 10.2. The van der Waals surface area contributed by atoms with Crippen LogP contribution in [0.2, 0.25) is 0 Å². The van der Waals surface area contributed by atoms with E-state index in [0.29, 0.717) is 13.2 Å². The van der Waals surface area contributed by atoms with E-state index in [2.05, 4.69) is 27.3 Å². The monoisotopic (exact) mass is 327 g/mol. The third-order valence-corrected chi connectivity index (χ3v) is 4.02. The number of amides is 1. The first-order chi connectivity index (χ1) is 11.7. The zero-order chi connectivity index (χ0) is 16.8. The van der Waals surface area contributed by atoms with E-state index in [1.165, 1.54) is 17.8 Å². The average molecular weight is 327 g/mol. The van der Waals surface area contributed by atoms with Gasteiger partial charge in [-0.3, -0.25) is 14.5 Å². The van der Waals surface area contributed by atoms with Crippen LogP contribution in [0.4, 0.5) is 0 Å². The van der Waals surface area contributed by atoms with Gasteiger partial charge in [0.05, 0.1) is 12.7 Å². The fourth-order valence-corrected chi connectivity index (χ4v) is 2.79. The predicted molar refractivity (Wildman–Crippen MR) is 90.9 cm³/mol. The molecule has 1 unspecified atom stereocenters. The summed E-state index contributed by atoms with van der Waals surface area (Å²) in [5.74, 6) is -0.374. The minimum absolute atomic E-state index is 0.0748. The van der Waals surface area contributed by atoms with Crippen LogP contribution in [0.25, 0.3) is 0 Å². The van der Waals surface area contributed by atoms with Gasteiger partial charge in [0.2, 0.25) is 0 Å². The molecule has 6 nitrogen and oxygen atoms in total. The molecule has 1 aliphatic rings. The summed E-state index contributed by atoms with van der Waals surface area (Å²) in [5, 5.41) is 2.78. The molecular formula is C18H21N3O3. The van der Waals surface area contributed by atoms with Gasteiger partial charge in [0.1, 0.15) is 5.56 Å². The lowest BCUT2D eigenvalue weighted by Gasteiger charge is -2.33. The number of aromatic amines is 1. The Hall–Kier alpha value is -2.44. The van der Waals surface area contributed by atoms with E-state index in [1.54, 1.807) is 6.07 Å². The van der Waals surface area contributed by atoms with Crippen LogP contribution in [0.3, 0.4) is 0 Å². The predicted octanol–water partition coefficient (Wildman–Crippen LogP) is 1.01. The Morgan fingerprint density at radius 2 is 2.08 bits per heavy atom. The summed E-state index contributed by atoms with van der Waals surface area (Å²) in [4.78, 5) is 28.5. The highest BCUT2D eigenvalue weighted by atomic mass is 16.5. The number of pyridine rings is 1. The minimum atomic E-state index is -0.384. The van der Waals surface area contributed by atoms with Crippen molar-refractivity contribution in [3.8, 4) is 0 Å². The molecule has 1 amide bonds. The lowest BCUT2D eigenvalue weighted by Crippen LogP contribution is -2.47. The molecule has 1 aromatic carbocycles. The van der Waals surface area contributed by atoms with Crippen molar-refractivity contribution in [3.05, 3.63) is 70.1 Å². The molecule has 0 aliphatic carbocycles. The van der Waals surface area contributed by atoms with Gasteiger partial charge in [-0.2, -0.15) is 0 Å². The second-order valence-corrected chi connectivity index (χ2v) is 5.84. The third kappa shape index (κ3) is 4.31. The van der Waals surface area contributed by atoms with Gasteiger partial charge in [0.15, 0.2) is 0 Å². The van der Waals surface area contributed by atoms with Gasteiger partial charge in [-0.15, -0.1) is 0 Å². The van der Waals surface area contributed by atoms with Crippen LogP contribution in [0.1, 0.15) is 15.9 Å². The van der Waals surface area contributed by atoms with Crippen molar-refractivity contribution >= 4 is 5.91 Å². The summed E-state index contributed by atoms with van der Waals surface area (Å²) in [6.45, 7) is 3.52. The second-order valence-electron chi connectivity index (χ2n) is 5.84. The number of hydrogen-bond acceptors (Lipinski definition) is 4. The maximum absolute atomic E-state index is 12.1. The number of nitrogens with one attached hydrogen (secondary N) is 2. The van der Waals surface area contributed by atoms with Gasteiger partial charge in [-0.25, -0.2) is 0 Å². The average Bonchev–Trinajstić information content (AvgIpc) is 2.61. The molecule has 126 valence electrons. The van der Waals surface area contributed by atoms with Crippen LogP contribution in [0.15, 0.2) is 53.5 Å². The van der Waals surface area contributed by atoms with E-state index in [4.69, 9.17) is 4.74 Å². The number of nitrogens with zero attached hydrogens (tertiary/aromatic N) is 1. The zero-order valence-electron chi connectivity index (χ0n) is 13.4. The van der Waals surface area contributed by atoms with E-state index in [0.717, 1.165) is 19.6 Å². The fraction of sp³-hybridized carbons (Fsp3) is 0.333. The van der Waals surface area contributed by atoms with Gasteiger partial charge < -0.3 is 15.0 Å². The molecule has 2 N–H and O–H groups in total. The normalized spacial score (nSPS) is 18.2. The Bertz CT molecular complexity index is 730. The van der Waals surface area contributed by atoms with Crippen LogP contribution in [-0.4, -0.2) is 48.1 Å². The van der Waals surface area contributed by atoms with Gasteiger partial charge in [0, 0.05) is 32.4 Å². The SMILES string of the molecule is O=C(NCC1CN(Cc2ccccc2)CCO1)c1ccc[nH]c1=O. The summed E-state index contributed by atoms with van der Waals surface area (Å²) < 4.78 is 5.72. The van der Waals surface area contributed by atoms with Crippen molar-refractivity contribution in [1.29, 1.82) is 0 Å². The van der Waals surface area contributed by atoms with Crippen molar-refractivity contribution in [2.24, 2.45) is 0 Å². The number of rotatable bonds is 5. The number of ether oxygens (including phenoxy) is 1. The van der Waals surface area contributed by atoms with Gasteiger partial charge >= 0.3 is 0 Å². The maximum atomic E-state index is 12.1. The Balaban J connectivity index is 1.51. The van der Waals surface area contributed by atoms with Gasteiger partial charge in [-0.05, 0) is 17.7 Å². The smallest absolute Gasteiger partial charge is 0.260 e. The van der Waals surface area contributed by atoms with Crippen LogP contribution in [0, 0.1) is 0 Å². The van der Waals surface area contributed by atoms with Crippen molar-refractivity contribution in [3.63, 3.8) is 0 Å². The number of carbonyl (C=O) groups is 1. The molecule has 2 heterocycles. The first kappa shape index (κ1) is 16.4. The highest BCUT2D eigenvalue weighted by Crippen LogP contribution is 2.10. The van der Waals surface area contributed by atoms with E-state index >= 15 is 0 Å². The number of benzene rings is 1. The van der Waals surface area contributed by atoms with Crippen molar-refractivity contribution in [1.82, 2.24) is 15.2 Å². The molecule has 2 aromatic rings. The molecule has 1 aromatic heterocycles. The molecule has 6 heteroatoms. The Morgan fingerprint density at radius 1 is 1.25 bits per heavy atom. The summed E-state index contributed by atoms with van der Waals surface area (Å²) in [6.07, 6.45) is 1.43. The highest BCUT2D eigenvalue weighted by Gasteiger charge is 2.21. The quantitative estimate of drug-likeness (QED) is 0.859. The van der Waals surface area contributed by atoms with Crippen molar-refractivity contribution in [2.45, 2.75) is 12.6 Å². The number of aromatic nitrogens is 1. The topological polar surface area (TPSA) is 74.4 Å². The van der Waals surface area contributed by atoms with Gasteiger partial charge in [0.25, 0.3) is 11.5 Å². The molecule has 1 atom stereocenters. The Labute approximate surface area is 140 Å². The summed E-state index contributed by atoms with van der Waals surface area (Å²) in [7, 11) is 0. The molecule has 0 bridgehead atoms. The summed E-state index contributed by atoms with van der Waals surface area (Å²) in [5.41, 5.74) is 0.998. The zero-order valence-corrected chi connectivity index (χ0v) is 13.4. The third-order valence-electron chi connectivity index (χ3n) is 4.02. The largest absolute Gasteiger partial charge is 0.374 e. The van der Waals surface area contributed by atoms with Crippen molar-refractivity contribution < 1.29 is 9.53 Å². The molecule has 1 fully saturated rings. The molecular weight excluding hydrogens is 306 g/mol.